The van der Waals surface area contributed by atoms with Gasteiger partial charge in [-0.1, -0.05) is 19.1 Å². The van der Waals surface area contributed by atoms with E-state index in [1.165, 1.54) is 6.92 Å². The minimum absolute atomic E-state index is 0.000648. The van der Waals surface area contributed by atoms with Gasteiger partial charge in [-0.05, 0) is 37.5 Å². The summed E-state index contributed by atoms with van der Waals surface area (Å²) in [5, 5.41) is 21.3. The van der Waals surface area contributed by atoms with Crippen LogP contribution in [-0.4, -0.2) is 40.0 Å². The lowest BCUT2D eigenvalue weighted by molar-refractivity contribution is -0.150. The van der Waals surface area contributed by atoms with Gasteiger partial charge in [-0.25, -0.2) is 4.79 Å². The van der Waals surface area contributed by atoms with Crippen LogP contribution in [0, 0.1) is 35.5 Å². The van der Waals surface area contributed by atoms with Crippen molar-refractivity contribution in [2.24, 2.45) is 35.5 Å². The molecule has 6 nitrogen and oxygen atoms in total. The smallest absolute Gasteiger partial charge is 0.338 e. The van der Waals surface area contributed by atoms with Gasteiger partial charge in [0.15, 0.2) is 0 Å². The van der Waals surface area contributed by atoms with Crippen LogP contribution in [0.1, 0.15) is 46.0 Å². The van der Waals surface area contributed by atoms with Crippen molar-refractivity contribution in [3.8, 4) is 0 Å². The molecule has 1 saturated heterocycles. The highest BCUT2D eigenvalue weighted by Crippen LogP contribution is 2.52. The third-order valence-electron chi connectivity index (χ3n) is 7.10. The second-order valence-corrected chi connectivity index (χ2v) is 9.08. The highest BCUT2D eigenvalue weighted by Gasteiger charge is 2.52. The molecule has 0 amide bonds. The van der Waals surface area contributed by atoms with E-state index in [4.69, 9.17) is 4.74 Å². The molecule has 0 aromatic rings. The van der Waals surface area contributed by atoms with E-state index in [2.05, 4.69) is 0 Å². The van der Waals surface area contributed by atoms with E-state index in [1.54, 1.807) is 0 Å². The van der Waals surface area contributed by atoms with Crippen LogP contribution in [0.4, 0.5) is 0 Å². The summed E-state index contributed by atoms with van der Waals surface area (Å²) >= 11 is 0. The maximum absolute atomic E-state index is 12.8. The minimum Gasteiger partial charge on any atom is -0.512 e. The molecular weight excluding hydrogens is 360 g/mol. The molecule has 6 heteroatoms. The minimum atomic E-state index is -0.675. The van der Waals surface area contributed by atoms with Gasteiger partial charge in [0.25, 0.3) is 0 Å². The zero-order valence-electron chi connectivity index (χ0n) is 16.3. The second kappa shape index (κ2) is 7.14. The van der Waals surface area contributed by atoms with E-state index in [1.807, 2.05) is 19.1 Å². The van der Waals surface area contributed by atoms with Gasteiger partial charge in [0, 0.05) is 37.0 Å². The standard InChI is InChI=1S/C22H28O6/c1-10-5-16-15(21(10)26)4-3-12-7-13(24)8-14-9-18(25)20(22(27)28-14)17(19(12)16)6-11(2)23/h3-4,10,12-17,19,24-25H,5-9H2,1-2H3/t10-,12+,13-,14-,15+,16+,17+,19+/m1/s1. The summed E-state index contributed by atoms with van der Waals surface area (Å²) in [6.45, 7) is 3.41. The number of allylic oxidation sites excluding steroid dienone is 2. The number of fused-ring (bicyclic) bond motifs is 5. The summed E-state index contributed by atoms with van der Waals surface area (Å²) in [6.07, 6.45) is 4.51. The highest BCUT2D eigenvalue weighted by atomic mass is 16.5. The molecule has 0 radical (unpaired) electrons. The van der Waals surface area contributed by atoms with Gasteiger partial charge in [0.05, 0.1) is 11.7 Å². The highest BCUT2D eigenvalue weighted by molar-refractivity contribution is 5.92. The molecule has 5 rings (SSSR count). The molecule has 2 fully saturated rings. The number of rotatable bonds is 2. The van der Waals surface area contributed by atoms with Crippen LogP contribution < -0.4 is 0 Å². The van der Waals surface area contributed by atoms with E-state index in [0.29, 0.717) is 12.8 Å². The third-order valence-corrected chi connectivity index (χ3v) is 7.10. The largest absolute Gasteiger partial charge is 0.512 e. The molecule has 2 bridgehead atoms. The van der Waals surface area contributed by atoms with Crippen molar-refractivity contribution in [1.82, 2.24) is 0 Å². The van der Waals surface area contributed by atoms with Crippen molar-refractivity contribution in [3.63, 3.8) is 0 Å². The van der Waals surface area contributed by atoms with Crippen molar-refractivity contribution in [2.75, 3.05) is 0 Å². The Morgan fingerprint density at radius 1 is 1.21 bits per heavy atom. The molecule has 2 aliphatic heterocycles. The average Bonchev–Trinajstić information content (AvgIpc) is 2.87. The summed E-state index contributed by atoms with van der Waals surface area (Å²) in [5.74, 6) is -1.49. The summed E-state index contributed by atoms with van der Waals surface area (Å²) in [4.78, 5) is 37.6. The Kier molecular flexibility index (Phi) is 4.94. The lowest BCUT2D eigenvalue weighted by atomic mass is 9.61. The Morgan fingerprint density at radius 3 is 2.64 bits per heavy atom. The zero-order valence-corrected chi connectivity index (χ0v) is 16.3. The summed E-state index contributed by atoms with van der Waals surface area (Å²) in [6, 6.07) is 0. The molecule has 2 heterocycles. The van der Waals surface area contributed by atoms with Gasteiger partial charge in [-0.15, -0.1) is 0 Å². The fraction of sp³-hybridized carbons (Fsp3) is 0.682. The van der Waals surface area contributed by atoms with Crippen LogP contribution in [-0.2, 0) is 19.1 Å². The van der Waals surface area contributed by atoms with Crippen LogP contribution in [0.2, 0.25) is 0 Å². The topological polar surface area (TPSA) is 101 Å². The molecule has 8 atom stereocenters. The first-order valence-electron chi connectivity index (χ1n) is 10.3. The molecule has 2 N–H and O–H groups in total. The molecule has 5 aliphatic rings. The van der Waals surface area contributed by atoms with Gasteiger partial charge in [-0.2, -0.15) is 0 Å². The van der Waals surface area contributed by atoms with Gasteiger partial charge in [0.2, 0.25) is 0 Å². The van der Waals surface area contributed by atoms with Crippen molar-refractivity contribution >= 4 is 17.5 Å². The molecule has 0 aromatic heterocycles. The Morgan fingerprint density at radius 2 is 1.96 bits per heavy atom. The van der Waals surface area contributed by atoms with E-state index in [9.17, 15) is 24.6 Å². The molecule has 0 aromatic carbocycles. The van der Waals surface area contributed by atoms with Crippen molar-refractivity contribution < 1.29 is 29.3 Å². The number of aliphatic hydroxyl groups is 2. The monoisotopic (exact) mass is 388 g/mol. The Bertz CT molecular complexity index is 765. The van der Waals surface area contributed by atoms with Crippen LogP contribution in [0.15, 0.2) is 23.5 Å². The zero-order chi connectivity index (χ0) is 20.2. The van der Waals surface area contributed by atoms with Crippen LogP contribution in [0.25, 0.3) is 0 Å². The molecule has 0 unspecified atom stereocenters. The molecule has 3 aliphatic carbocycles. The van der Waals surface area contributed by atoms with Crippen molar-refractivity contribution in [3.05, 3.63) is 23.5 Å². The number of carbonyl (C=O) groups is 3. The van der Waals surface area contributed by atoms with Crippen molar-refractivity contribution in [2.45, 2.75) is 58.2 Å². The SMILES string of the molecule is CC(=O)C[C@@H]1C2=C(O)C[C@@H](C[C@H](O)C[C@@H]3C=C[C@@H]4C(=O)[C@H](C)C[C@@H]4[C@@H]13)OC2=O. The van der Waals surface area contributed by atoms with E-state index < -0.39 is 24.1 Å². The van der Waals surface area contributed by atoms with E-state index in [0.717, 1.165) is 0 Å². The lowest BCUT2D eigenvalue weighted by Crippen LogP contribution is -2.44. The Labute approximate surface area is 164 Å². The van der Waals surface area contributed by atoms with Gasteiger partial charge >= 0.3 is 5.97 Å². The van der Waals surface area contributed by atoms with Gasteiger partial charge in [-0.3, -0.25) is 4.79 Å². The Hall–Kier alpha value is -1.95. The maximum Gasteiger partial charge on any atom is 0.338 e. The predicted molar refractivity (Wildman–Crippen MR) is 100 cm³/mol. The number of ether oxygens (including phenoxy) is 1. The maximum atomic E-state index is 12.8. The van der Waals surface area contributed by atoms with Crippen LogP contribution >= 0.6 is 0 Å². The number of esters is 1. The van der Waals surface area contributed by atoms with Crippen LogP contribution in [0.5, 0.6) is 0 Å². The number of ketones is 2. The van der Waals surface area contributed by atoms with Crippen LogP contribution in [0.3, 0.4) is 0 Å². The number of carbonyl (C=O) groups excluding carboxylic acids is 3. The summed E-state index contributed by atoms with van der Waals surface area (Å²) < 4.78 is 5.50. The number of hydrogen-bond acceptors (Lipinski definition) is 6. The predicted octanol–water partition coefficient (Wildman–Crippen LogP) is 2.51. The summed E-state index contributed by atoms with van der Waals surface area (Å²) in [5.41, 5.74) is 0.207. The first-order chi connectivity index (χ1) is 13.3. The second-order valence-electron chi connectivity index (χ2n) is 9.08. The fourth-order valence-electron chi connectivity index (χ4n) is 6.04. The Balaban J connectivity index is 1.84. The molecule has 0 spiro atoms. The third kappa shape index (κ3) is 3.21. The number of Topliss-reactive ketones (excluding diaryl/α,β-unsaturated/α-hetero) is 2. The lowest BCUT2D eigenvalue weighted by Gasteiger charge is -2.44. The number of aliphatic hydroxyl groups excluding tert-OH is 2. The van der Waals surface area contributed by atoms with Gasteiger partial charge < -0.3 is 19.7 Å². The normalized spacial score (nSPS) is 42.8. The average molecular weight is 388 g/mol. The molecule has 152 valence electrons. The molecular formula is C22H28O6. The quantitative estimate of drug-likeness (QED) is 0.557. The first-order valence-corrected chi connectivity index (χ1v) is 10.3. The van der Waals surface area contributed by atoms with Gasteiger partial charge in [0.1, 0.15) is 23.4 Å². The first kappa shape index (κ1) is 19.4. The summed E-state index contributed by atoms with van der Waals surface area (Å²) in [7, 11) is 0. The van der Waals surface area contributed by atoms with E-state index >= 15 is 0 Å². The van der Waals surface area contributed by atoms with Crippen molar-refractivity contribution in [1.29, 1.82) is 0 Å². The number of hydrogen-bond donors (Lipinski definition) is 2. The molecule has 1 saturated carbocycles. The molecule has 28 heavy (non-hydrogen) atoms. The van der Waals surface area contributed by atoms with E-state index in [-0.39, 0.29) is 71.8 Å². The fourth-order valence-corrected chi connectivity index (χ4v) is 6.04.